The standard InChI is InChI=1S/C12H13FN2O5/c1-6(11(18)20-2)14-12(19)15-9-7(10(16)17)4-3-5-8(9)13/h3-6H,1-2H3,(H,16,17)(H2,14,15,19). The summed E-state index contributed by atoms with van der Waals surface area (Å²) in [6, 6.07) is 1.48. The van der Waals surface area contributed by atoms with Gasteiger partial charge in [0.05, 0.1) is 18.4 Å². The van der Waals surface area contributed by atoms with Crippen LogP contribution in [0.25, 0.3) is 0 Å². The van der Waals surface area contributed by atoms with Gasteiger partial charge in [0.2, 0.25) is 0 Å². The number of hydrogen-bond donors (Lipinski definition) is 3. The van der Waals surface area contributed by atoms with Crippen molar-refractivity contribution in [3.63, 3.8) is 0 Å². The number of nitrogens with one attached hydrogen (secondary N) is 2. The number of rotatable bonds is 4. The van der Waals surface area contributed by atoms with Crippen LogP contribution in [0, 0.1) is 5.82 Å². The molecule has 0 heterocycles. The van der Waals surface area contributed by atoms with Crippen LogP contribution >= 0.6 is 0 Å². The summed E-state index contributed by atoms with van der Waals surface area (Å²) >= 11 is 0. The summed E-state index contributed by atoms with van der Waals surface area (Å²) in [6.45, 7) is 1.37. The number of amides is 2. The molecule has 0 aliphatic carbocycles. The highest BCUT2D eigenvalue weighted by molar-refractivity contribution is 6.00. The number of esters is 1. The second kappa shape index (κ2) is 6.50. The van der Waals surface area contributed by atoms with E-state index in [0.717, 1.165) is 19.2 Å². The van der Waals surface area contributed by atoms with Crippen molar-refractivity contribution in [3.05, 3.63) is 29.6 Å². The molecular formula is C12H13FN2O5. The van der Waals surface area contributed by atoms with Crippen molar-refractivity contribution < 1.29 is 28.6 Å². The highest BCUT2D eigenvalue weighted by Gasteiger charge is 2.19. The molecule has 108 valence electrons. The number of methoxy groups -OCH3 is 1. The molecule has 1 unspecified atom stereocenters. The Bertz CT molecular complexity index is 547. The van der Waals surface area contributed by atoms with E-state index >= 15 is 0 Å². The smallest absolute Gasteiger partial charge is 0.337 e. The van der Waals surface area contributed by atoms with Crippen LogP contribution in [0.1, 0.15) is 17.3 Å². The number of hydrogen-bond acceptors (Lipinski definition) is 4. The lowest BCUT2D eigenvalue weighted by molar-refractivity contribution is -0.142. The molecule has 1 aromatic rings. The monoisotopic (exact) mass is 284 g/mol. The van der Waals surface area contributed by atoms with Crippen LogP contribution in [0.3, 0.4) is 0 Å². The Morgan fingerprint density at radius 1 is 1.35 bits per heavy atom. The highest BCUT2D eigenvalue weighted by atomic mass is 19.1. The Morgan fingerprint density at radius 3 is 2.55 bits per heavy atom. The van der Waals surface area contributed by atoms with Gasteiger partial charge in [0, 0.05) is 0 Å². The first kappa shape index (κ1) is 15.4. The number of aromatic carboxylic acids is 1. The molecule has 0 radical (unpaired) electrons. The van der Waals surface area contributed by atoms with Gasteiger partial charge in [-0.25, -0.2) is 18.8 Å². The third-order valence-electron chi connectivity index (χ3n) is 2.38. The Hall–Kier alpha value is -2.64. The van der Waals surface area contributed by atoms with E-state index in [1.165, 1.54) is 13.0 Å². The van der Waals surface area contributed by atoms with Crippen LogP contribution < -0.4 is 10.6 Å². The van der Waals surface area contributed by atoms with Crippen molar-refractivity contribution in [1.82, 2.24) is 5.32 Å². The second-order valence-corrected chi connectivity index (χ2v) is 3.81. The summed E-state index contributed by atoms with van der Waals surface area (Å²) in [5, 5.41) is 13.1. The maximum Gasteiger partial charge on any atom is 0.337 e. The molecule has 0 saturated heterocycles. The molecule has 0 aliphatic rings. The minimum atomic E-state index is -1.39. The molecule has 3 N–H and O–H groups in total. The van der Waals surface area contributed by atoms with Gasteiger partial charge in [-0.05, 0) is 19.1 Å². The number of carboxylic acids is 1. The van der Waals surface area contributed by atoms with Gasteiger partial charge in [0.25, 0.3) is 0 Å². The average molecular weight is 284 g/mol. The van der Waals surface area contributed by atoms with Crippen LogP contribution in [0.15, 0.2) is 18.2 Å². The van der Waals surface area contributed by atoms with Gasteiger partial charge >= 0.3 is 18.0 Å². The lowest BCUT2D eigenvalue weighted by Gasteiger charge is -2.14. The van der Waals surface area contributed by atoms with Crippen LogP contribution in [0.5, 0.6) is 0 Å². The number of anilines is 1. The zero-order valence-electron chi connectivity index (χ0n) is 10.8. The number of carbonyl (C=O) groups is 3. The van der Waals surface area contributed by atoms with Gasteiger partial charge < -0.3 is 20.5 Å². The zero-order valence-corrected chi connectivity index (χ0v) is 10.8. The highest BCUT2D eigenvalue weighted by Crippen LogP contribution is 2.19. The molecule has 0 aliphatic heterocycles. The molecular weight excluding hydrogens is 271 g/mol. The fourth-order valence-electron chi connectivity index (χ4n) is 1.41. The number of carboxylic acid groups (broad SMARTS) is 1. The van der Waals surface area contributed by atoms with Crippen molar-refractivity contribution in [2.24, 2.45) is 0 Å². The lowest BCUT2D eigenvalue weighted by Crippen LogP contribution is -2.41. The van der Waals surface area contributed by atoms with E-state index in [1.807, 2.05) is 0 Å². The first-order valence-corrected chi connectivity index (χ1v) is 5.54. The van der Waals surface area contributed by atoms with Gasteiger partial charge in [-0.1, -0.05) is 6.07 Å². The lowest BCUT2D eigenvalue weighted by atomic mass is 10.1. The number of para-hydroxylation sites is 1. The van der Waals surface area contributed by atoms with Crippen molar-refractivity contribution >= 4 is 23.7 Å². The number of ether oxygens (including phenoxy) is 1. The quantitative estimate of drug-likeness (QED) is 0.721. The van der Waals surface area contributed by atoms with Gasteiger partial charge in [0.1, 0.15) is 11.9 Å². The van der Waals surface area contributed by atoms with E-state index in [-0.39, 0.29) is 0 Å². The van der Waals surface area contributed by atoms with Crippen LogP contribution in [0.2, 0.25) is 0 Å². The Balaban J connectivity index is 2.86. The molecule has 20 heavy (non-hydrogen) atoms. The van der Waals surface area contributed by atoms with Crippen LogP contribution in [0.4, 0.5) is 14.9 Å². The van der Waals surface area contributed by atoms with Crippen molar-refractivity contribution in [2.45, 2.75) is 13.0 Å². The van der Waals surface area contributed by atoms with Gasteiger partial charge in [-0.2, -0.15) is 0 Å². The molecule has 0 fully saturated rings. The first-order chi connectivity index (χ1) is 9.36. The van der Waals surface area contributed by atoms with Gasteiger partial charge in [-0.15, -0.1) is 0 Å². The van der Waals surface area contributed by atoms with Crippen LogP contribution in [-0.4, -0.2) is 36.2 Å². The SMILES string of the molecule is COC(=O)C(C)NC(=O)Nc1c(F)cccc1C(=O)O. The average Bonchev–Trinajstić information content (AvgIpc) is 2.39. The predicted molar refractivity (Wildman–Crippen MR) is 67.0 cm³/mol. The molecule has 1 rings (SSSR count). The Morgan fingerprint density at radius 2 is 2.00 bits per heavy atom. The van der Waals surface area contributed by atoms with E-state index in [4.69, 9.17) is 5.11 Å². The van der Waals surface area contributed by atoms with E-state index in [2.05, 4.69) is 15.4 Å². The topological polar surface area (TPSA) is 105 Å². The first-order valence-electron chi connectivity index (χ1n) is 5.54. The van der Waals surface area contributed by atoms with Crippen molar-refractivity contribution in [2.75, 3.05) is 12.4 Å². The fraction of sp³-hybridized carbons (Fsp3) is 0.250. The minimum Gasteiger partial charge on any atom is -0.478 e. The molecule has 7 nitrogen and oxygen atoms in total. The summed E-state index contributed by atoms with van der Waals surface area (Å²) in [4.78, 5) is 33.6. The van der Waals surface area contributed by atoms with Crippen LogP contribution in [-0.2, 0) is 9.53 Å². The summed E-state index contributed by atoms with van der Waals surface area (Å²) in [7, 11) is 1.15. The number of carbonyl (C=O) groups excluding carboxylic acids is 2. The molecule has 2 amide bonds. The summed E-state index contributed by atoms with van der Waals surface area (Å²) < 4.78 is 17.9. The Kier molecular flexibility index (Phi) is 5.01. The van der Waals surface area contributed by atoms with Gasteiger partial charge in [0.15, 0.2) is 0 Å². The predicted octanol–water partition coefficient (Wildman–Crippen LogP) is 1.21. The summed E-state index contributed by atoms with van der Waals surface area (Å²) in [6.07, 6.45) is 0. The molecule has 0 saturated carbocycles. The Labute approximate surface area is 113 Å². The molecule has 1 atom stereocenters. The largest absolute Gasteiger partial charge is 0.478 e. The number of urea groups is 1. The molecule has 0 aromatic heterocycles. The normalized spacial score (nSPS) is 11.3. The van der Waals surface area contributed by atoms with Crippen molar-refractivity contribution in [3.8, 4) is 0 Å². The summed E-state index contributed by atoms with van der Waals surface area (Å²) in [5.74, 6) is -2.97. The van der Waals surface area contributed by atoms with E-state index < -0.39 is 41.1 Å². The second-order valence-electron chi connectivity index (χ2n) is 3.81. The van der Waals surface area contributed by atoms with Crippen molar-refractivity contribution in [1.29, 1.82) is 0 Å². The van der Waals surface area contributed by atoms with E-state index in [9.17, 15) is 18.8 Å². The zero-order chi connectivity index (χ0) is 15.3. The maximum absolute atomic E-state index is 13.5. The fourth-order valence-corrected chi connectivity index (χ4v) is 1.41. The van der Waals surface area contributed by atoms with Gasteiger partial charge in [-0.3, -0.25) is 0 Å². The maximum atomic E-state index is 13.5. The molecule has 1 aromatic carbocycles. The molecule has 8 heteroatoms. The minimum absolute atomic E-state index is 0.397. The number of halogens is 1. The molecule has 0 spiro atoms. The van der Waals surface area contributed by atoms with E-state index in [0.29, 0.717) is 0 Å². The van der Waals surface area contributed by atoms with E-state index in [1.54, 1.807) is 0 Å². The molecule has 0 bridgehead atoms. The third kappa shape index (κ3) is 3.67. The third-order valence-corrected chi connectivity index (χ3v) is 2.38. The summed E-state index contributed by atoms with van der Waals surface area (Å²) in [5.41, 5.74) is -0.875. The number of benzene rings is 1.